The normalized spacial score (nSPS) is 18.9. The number of rotatable bonds is 6. The van der Waals surface area contributed by atoms with Gasteiger partial charge in [-0.3, -0.25) is 4.79 Å². The molecule has 1 amide bonds. The third kappa shape index (κ3) is 4.90. The third-order valence-electron chi connectivity index (χ3n) is 4.95. The van der Waals surface area contributed by atoms with Crippen molar-refractivity contribution in [2.45, 2.75) is 55.9 Å². The molecule has 1 aliphatic carbocycles. The van der Waals surface area contributed by atoms with E-state index in [2.05, 4.69) is 4.72 Å². The molecule has 1 saturated heterocycles. The average Bonchev–Trinajstić information content (AvgIpc) is 3.13. The van der Waals surface area contributed by atoms with E-state index in [9.17, 15) is 13.2 Å². The van der Waals surface area contributed by atoms with Crippen LogP contribution < -0.4 is 9.46 Å². The van der Waals surface area contributed by atoms with Gasteiger partial charge in [-0.15, -0.1) is 0 Å². The van der Waals surface area contributed by atoms with E-state index in [1.807, 2.05) is 0 Å². The lowest BCUT2D eigenvalue weighted by atomic mass is 10.1. The van der Waals surface area contributed by atoms with Crippen molar-refractivity contribution in [1.29, 1.82) is 0 Å². The minimum atomic E-state index is -3.60. The van der Waals surface area contributed by atoms with Gasteiger partial charge in [0.2, 0.25) is 10.0 Å². The predicted octanol–water partition coefficient (Wildman–Crippen LogP) is 2.95. The van der Waals surface area contributed by atoms with Gasteiger partial charge in [-0.05, 0) is 50.3 Å². The van der Waals surface area contributed by atoms with Gasteiger partial charge in [0.15, 0.2) is 6.61 Å². The number of nitrogens with one attached hydrogen (secondary N) is 1. The maximum Gasteiger partial charge on any atom is 0.260 e. The zero-order valence-electron chi connectivity index (χ0n) is 14.7. The summed E-state index contributed by atoms with van der Waals surface area (Å²) in [7, 11) is -3.60. The van der Waals surface area contributed by atoms with Gasteiger partial charge >= 0.3 is 0 Å². The monoisotopic (exact) mass is 400 g/mol. The van der Waals surface area contributed by atoms with Gasteiger partial charge in [0.25, 0.3) is 5.91 Å². The summed E-state index contributed by atoms with van der Waals surface area (Å²) in [6.45, 7) is 1.44. The number of hydrogen-bond donors (Lipinski definition) is 1. The summed E-state index contributed by atoms with van der Waals surface area (Å²) in [5.74, 6) is 0.247. The zero-order valence-corrected chi connectivity index (χ0v) is 16.3. The molecule has 1 aromatic rings. The number of benzene rings is 1. The van der Waals surface area contributed by atoms with Crippen LogP contribution in [-0.4, -0.2) is 45.0 Å². The minimum Gasteiger partial charge on any atom is -0.482 e. The molecule has 0 radical (unpaired) electrons. The van der Waals surface area contributed by atoms with Crippen molar-refractivity contribution in [3.8, 4) is 5.75 Å². The van der Waals surface area contributed by atoms with Gasteiger partial charge in [0, 0.05) is 19.1 Å². The van der Waals surface area contributed by atoms with Crippen LogP contribution in [0, 0.1) is 0 Å². The number of piperidine rings is 1. The lowest BCUT2D eigenvalue weighted by molar-refractivity contribution is -0.134. The van der Waals surface area contributed by atoms with Crippen molar-refractivity contribution in [3.05, 3.63) is 23.2 Å². The molecule has 1 heterocycles. The molecule has 1 aromatic carbocycles. The van der Waals surface area contributed by atoms with E-state index >= 15 is 0 Å². The Hall–Kier alpha value is -1.31. The molecule has 1 N–H and O–H groups in total. The Bertz CT molecular complexity index is 742. The number of hydrogen-bond acceptors (Lipinski definition) is 4. The van der Waals surface area contributed by atoms with Crippen LogP contribution in [0.2, 0.25) is 5.02 Å². The van der Waals surface area contributed by atoms with Crippen LogP contribution >= 0.6 is 11.6 Å². The lowest BCUT2D eigenvalue weighted by Gasteiger charge is -2.26. The second-order valence-corrected chi connectivity index (χ2v) is 9.05. The van der Waals surface area contributed by atoms with Crippen LogP contribution in [0.3, 0.4) is 0 Å². The Morgan fingerprint density at radius 3 is 2.50 bits per heavy atom. The van der Waals surface area contributed by atoms with Crippen molar-refractivity contribution in [2.75, 3.05) is 19.7 Å². The molecule has 6 nitrogen and oxygen atoms in total. The summed E-state index contributed by atoms with van der Waals surface area (Å²) in [4.78, 5) is 14.1. The van der Waals surface area contributed by atoms with Crippen LogP contribution in [0.5, 0.6) is 5.75 Å². The first kappa shape index (κ1) is 19.5. The summed E-state index contributed by atoms with van der Waals surface area (Å²) in [6.07, 6.45) is 7.03. The Kier molecular flexibility index (Phi) is 6.42. The van der Waals surface area contributed by atoms with E-state index in [-0.39, 0.29) is 28.5 Å². The third-order valence-corrected chi connectivity index (χ3v) is 6.76. The van der Waals surface area contributed by atoms with E-state index in [1.165, 1.54) is 18.2 Å². The number of carbonyl (C=O) groups is 1. The molecule has 0 spiro atoms. The molecule has 8 heteroatoms. The molecule has 0 bridgehead atoms. The second-order valence-electron chi connectivity index (χ2n) is 6.93. The van der Waals surface area contributed by atoms with E-state index in [4.69, 9.17) is 16.3 Å². The topological polar surface area (TPSA) is 75.7 Å². The van der Waals surface area contributed by atoms with Crippen LogP contribution in [0.4, 0.5) is 0 Å². The fourth-order valence-corrected chi connectivity index (χ4v) is 5.10. The fraction of sp³-hybridized carbons (Fsp3) is 0.611. The van der Waals surface area contributed by atoms with E-state index < -0.39 is 10.0 Å². The number of nitrogens with zero attached hydrogens (tertiary/aromatic N) is 1. The highest BCUT2D eigenvalue weighted by molar-refractivity contribution is 7.89. The predicted molar refractivity (Wildman–Crippen MR) is 100.0 cm³/mol. The smallest absolute Gasteiger partial charge is 0.260 e. The van der Waals surface area contributed by atoms with Crippen LogP contribution in [0.1, 0.15) is 44.9 Å². The van der Waals surface area contributed by atoms with Gasteiger partial charge in [-0.2, -0.15) is 0 Å². The van der Waals surface area contributed by atoms with E-state index in [0.29, 0.717) is 5.75 Å². The van der Waals surface area contributed by atoms with Gasteiger partial charge in [-0.1, -0.05) is 24.4 Å². The highest BCUT2D eigenvalue weighted by Crippen LogP contribution is 2.28. The molecule has 2 aliphatic rings. The lowest BCUT2D eigenvalue weighted by Crippen LogP contribution is -2.38. The molecule has 2 fully saturated rings. The maximum absolute atomic E-state index is 12.5. The van der Waals surface area contributed by atoms with Crippen LogP contribution in [0.25, 0.3) is 0 Å². The number of sulfonamides is 1. The largest absolute Gasteiger partial charge is 0.482 e. The molecule has 0 unspecified atom stereocenters. The summed E-state index contributed by atoms with van der Waals surface area (Å²) < 4.78 is 33.1. The molecule has 0 atom stereocenters. The quantitative estimate of drug-likeness (QED) is 0.796. The van der Waals surface area contributed by atoms with Crippen LogP contribution in [0.15, 0.2) is 23.1 Å². The summed E-state index contributed by atoms with van der Waals surface area (Å²) in [6, 6.07) is 4.34. The number of amides is 1. The molecule has 26 heavy (non-hydrogen) atoms. The van der Waals surface area contributed by atoms with Gasteiger partial charge < -0.3 is 9.64 Å². The minimum absolute atomic E-state index is 0.00290. The average molecular weight is 401 g/mol. The van der Waals surface area contributed by atoms with E-state index in [1.54, 1.807) is 4.90 Å². The molecule has 0 aromatic heterocycles. The van der Waals surface area contributed by atoms with Gasteiger partial charge in [0.1, 0.15) is 5.75 Å². The zero-order chi connectivity index (χ0) is 18.6. The van der Waals surface area contributed by atoms with Crippen molar-refractivity contribution < 1.29 is 17.9 Å². The number of halogens is 1. The number of ether oxygens (including phenoxy) is 1. The highest BCUT2D eigenvalue weighted by Gasteiger charge is 2.24. The SMILES string of the molecule is O=C(COc1ccc(S(=O)(=O)NC2CCCC2)cc1Cl)N1CCCCC1. The standard InChI is InChI=1S/C18H25ClN2O4S/c19-16-12-15(26(23,24)20-14-6-2-3-7-14)8-9-17(16)25-13-18(22)21-10-4-1-5-11-21/h8-9,12,14,20H,1-7,10-11,13H2. The first-order valence-electron chi connectivity index (χ1n) is 9.18. The van der Waals surface area contributed by atoms with Crippen LogP contribution in [-0.2, 0) is 14.8 Å². The number of likely N-dealkylation sites (tertiary alicyclic amines) is 1. The number of carbonyl (C=O) groups excluding carboxylic acids is 1. The summed E-state index contributed by atoms with van der Waals surface area (Å²) in [5, 5.41) is 0.186. The molecular weight excluding hydrogens is 376 g/mol. The Morgan fingerprint density at radius 2 is 1.85 bits per heavy atom. The van der Waals surface area contributed by atoms with Crippen molar-refractivity contribution in [3.63, 3.8) is 0 Å². The highest BCUT2D eigenvalue weighted by atomic mass is 35.5. The van der Waals surface area contributed by atoms with Gasteiger partial charge in [-0.25, -0.2) is 13.1 Å². The molecule has 3 rings (SSSR count). The van der Waals surface area contributed by atoms with E-state index in [0.717, 1.165) is 58.0 Å². The molecule has 144 valence electrons. The van der Waals surface area contributed by atoms with Gasteiger partial charge in [0.05, 0.1) is 9.92 Å². The Balaban J connectivity index is 1.60. The fourth-order valence-electron chi connectivity index (χ4n) is 3.47. The van der Waals surface area contributed by atoms with Crippen molar-refractivity contribution in [2.24, 2.45) is 0 Å². The molecule has 1 saturated carbocycles. The Labute approximate surface area is 159 Å². The van der Waals surface area contributed by atoms with Crippen molar-refractivity contribution in [1.82, 2.24) is 9.62 Å². The van der Waals surface area contributed by atoms with Crippen molar-refractivity contribution >= 4 is 27.5 Å². The maximum atomic E-state index is 12.5. The molecule has 1 aliphatic heterocycles. The summed E-state index contributed by atoms with van der Waals surface area (Å²) >= 11 is 6.18. The Morgan fingerprint density at radius 1 is 1.15 bits per heavy atom. The first-order valence-corrected chi connectivity index (χ1v) is 11.0. The second kappa shape index (κ2) is 8.59. The summed E-state index contributed by atoms with van der Waals surface area (Å²) in [5.41, 5.74) is 0. The first-order chi connectivity index (χ1) is 12.5. The molecular formula is C18H25ClN2O4S.